The number of carbonyl (C=O) groups excluding carboxylic acids is 1. The number of ether oxygens (including phenoxy) is 2. The number of hydrogen-bond acceptors (Lipinski definition) is 4. The fourth-order valence-electron chi connectivity index (χ4n) is 6.08. The molecule has 1 saturated heterocycles. The highest BCUT2D eigenvalue weighted by atomic mass is 16.5. The highest BCUT2D eigenvalue weighted by Crippen LogP contribution is 2.46. The van der Waals surface area contributed by atoms with Gasteiger partial charge in [0.1, 0.15) is 0 Å². The first kappa shape index (κ1) is 24.1. The minimum atomic E-state index is -0.183. The van der Waals surface area contributed by atoms with Crippen molar-refractivity contribution in [2.45, 2.75) is 84.1 Å². The third kappa shape index (κ3) is 5.21. The average Bonchev–Trinajstić information content (AvgIpc) is 3.01. The molecule has 0 aromatic heterocycles. The summed E-state index contributed by atoms with van der Waals surface area (Å²) in [5.74, 6) is 0.651. The van der Waals surface area contributed by atoms with Crippen molar-refractivity contribution in [2.24, 2.45) is 5.92 Å². The van der Waals surface area contributed by atoms with Crippen molar-refractivity contribution in [3.8, 4) is 0 Å². The Morgan fingerprint density at radius 1 is 1.12 bits per heavy atom. The predicted octanol–water partition coefficient (Wildman–Crippen LogP) is 6.48. The van der Waals surface area contributed by atoms with E-state index < -0.39 is 0 Å². The predicted molar refractivity (Wildman–Crippen MR) is 134 cm³/mol. The van der Waals surface area contributed by atoms with Crippen LogP contribution in [-0.4, -0.2) is 43.2 Å². The molecule has 0 N–H and O–H groups in total. The van der Waals surface area contributed by atoms with E-state index in [1.165, 1.54) is 24.8 Å². The zero-order valence-corrected chi connectivity index (χ0v) is 20.8. The van der Waals surface area contributed by atoms with Gasteiger partial charge in [-0.2, -0.15) is 0 Å². The van der Waals surface area contributed by atoms with Crippen molar-refractivity contribution in [1.82, 2.24) is 4.90 Å². The summed E-state index contributed by atoms with van der Waals surface area (Å²) in [7, 11) is 0. The molecule has 0 bridgehead atoms. The zero-order chi connectivity index (χ0) is 23.2. The van der Waals surface area contributed by atoms with E-state index in [1.807, 2.05) is 6.92 Å². The lowest BCUT2D eigenvalue weighted by molar-refractivity contribution is -0.140. The van der Waals surface area contributed by atoms with Crippen molar-refractivity contribution in [3.05, 3.63) is 52.8 Å². The molecule has 4 rings (SSSR count). The Morgan fingerprint density at radius 3 is 2.76 bits per heavy atom. The van der Waals surface area contributed by atoms with Gasteiger partial charge in [-0.25, -0.2) is 4.79 Å². The van der Waals surface area contributed by atoms with Crippen LogP contribution in [0.2, 0.25) is 0 Å². The molecule has 4 heteroatoms. The summed E-state index contributed by atoms with van der Waals surface area (Å²) in [6.07, 6.45) is 10.3. The molecular formula is C29H41NO3. The fraction of sp³-hybridized carbons (Fsp3) is 0.621. The Bertz CT molecular complexity index is 887. The number of nitrogens with zero attached hydrogens (tertiary/aromatic N) is 1. The number of rotatable bonds is 8. The van der Waals surface area contributed by atoms with Crippen LogP contribution in [0, 0.1) is 5.92 Å². The van der Waals surface area contributed by atoms with Gasteiger partial charge in [0.25, 0.3) is 0 Å². The van der Waals surface area contributed by atoms with E-state index in [0.29, 0.717) is 25.2 Å². The lowest BCUT2D eigenvalue weighted by Gasteiger charge is -2.45. The first-order valence-electron chi connectivity index (χ1n) is 13.2. The number of carbonyl (C=O) groups is 1. The van der Waals surface area contributed by atoms with Crippen LogP contribution in [0.5, 0.6) is 0 Å². The summed E-state index contributed by atoms with van der Waals surface area (Å²) in [6, 6.07) is 9.52. The van der Waals surface area contributed by atoms with Crippen LogP contribution in [0.3, 0.4) is 0 Å². The van der Waals surface area contributed by atoms with Gasteiger partial charge in [0.15, 0.2) is 0 Å². The van der Waals surface area contributed by atoms with Gasteiger partial charge < -0.3 is 9.47 Å². The smallest absolute Gasteiger partial charge is 0.337 e. The minimum absolute atomic E-state index is 0.183. The standard InChI is InChI=1S/C29H41NO3/c1-4-7-18-33-29(31)27(20-32-6-3)22-14-16-30-17-15-25-24-11-9-8-10-23(24)21(5-2)12-13-26(25)28(30)19-22/h8-11,20-22,28H,4-7,12-19H2,1-3H3. The van der Waals surface area contributed by atoms with Gasteiger partial charge in [-0.1, -0.05) is 44.5 Å². The van der Waals surface area contributed by atoms with E-state index in [1.54, 1.807) is 23.0 Å². The Kier molecular flexibility index (Phi) is 8.29. The maximum absolute atomic E-state index is 13.0. The van der Waals surface area contributed by atoms with Crippen LogP contribution in [0.1, 0.15) is 89.2 Å². The van der Waals surface area contributed by atoms with Crippen molar-refractivity contribution in [1.29, 1.82) is 0 Å². The average molecular weight is 452 g/mol. The van der Waals surface area contributed by atoms with Crippen molar-refractivity contribution in [2.75, 3.05) is 26.3 Å². The second-order valence-corrected chi connectivity index (χ2v) is 9.78. The molecule has 3 aliphatic rings. The molecule has 4 nitrogen and oxygen atoms in total. The number of fused-ring (bicyclic) bond motifs is 4. The van der Waals surface area contributed by atoms with E-state index in [9.17, 15) is 4.79 Å². The topological polar surface area (TPSA) is 38.8 Å². The first-order valence-corrected chi connectivity index (χ1v) is 13.2. The summed E-state index contributed by atoms with van der Waals surface area (Å²) in [5.41, 5.74) is 6.99. The van der Waals surface area contributed by atoms with Crippen molar-refractivity contribution < 1.29 is 14.3 Å². The van der Waals surface area contributed by atoms with E-state index in [-0.39, 0.29) is 11.9 Å². The van der Waals surface area contributed by atoms with E-state index >= 15 is 0 Å². The minimum Gasteiger partial charge on any atom is -0.501 e. The molecule has 2 aliphatic heterocycles. The molecule has 1 aromatic rings. The van der Waals surface area contributed by atoms with E-state index in [0.717, 1.165) is 50.8 Å². The summed E-state index contributed by atoms with van der Waals surface area (Å²) in [6.45, 7) is 9.62. The second-order valence-electron chi connectivity index (χ2n) is 9.78. The van der Waals surface area contributed by atoms with E-state index in [4.69, 9.17) is 9.47 Å². The van der Waals surface area contributed by atoms with Crippen LogP contribution < -0.4 is 0 Å². The monoisotopic (exact) mass is 451 g/mol. The van der Waals surface area contributed by atoms with Gasteiger partial charge in [0.05, 0.1) is 25.0 Å². The van der Waals surface area contributed by atoms with Crippen LogP contribution in [0.4, 0.5) is 0 Å². The second kappa shape index (κ2) is 11.4. The molecule has 33 heavy (non-hydrogen) atoms. The van der Waals surface area contributed by atoms with Gasteiger partial charge in [0, 0.05) is 12.6 Å². The van der Waals surface area contributed by atoms with Crippen LogP contribution in [0.25, 0.3) is 5.57 Å². The van der Waals surface area contributed by atoms with Crippen LogP contribution in [0.15, 0.2) is 41.7 Å². The first-order chi connectivity index (χ1) is 16.2. The molecule has 0 spiro atoms. The van der Waals surface area contributed by atoms with Crippen molar-refractivity contribution in [3.63, 3.8) is 0 Å². The Labute approximate surface area is 200 Å². The number of piperidine rings is 1. The SMILES string of the molecule is CCCCOC(=O)C(=COCC)C1CCN2CCC3=C(CCC(CC)c4ccccc43)C2C1. The summed E-state index contributed by atoms with van der Waals surface area (Å²) < 4.78 is 11.2. The maximum atomic E-state index is 13.0. The van der Waals surface area contributed by atoms with Gasteiger partial charge in [-0.15, -0.1) is 0 Å². The van der Waals surface area contributed by atoms with E-state index in [2.05, 4.69) is 43.0 Å². The van der Waals surface area contributed by atoms with Gasteiger partial charge in [0.2, 0.25) is 0 Å². The largest absolute Gasteiger partial charge is 0.501 e. The molecule has 0 saturated carbocycles. The molecule has 180 valence electrons. The number of benzene rings is 1. The molecule has 3 atom stereocenters. The van der Waals surface area contributed by atoms with Crippen molar-refractivity contribution >= 4 is 11.5 Å². The quantitative estimate of drug-likeness (QED) is 0.196. The van der Waals surface area contributed by atoms with Gasteiger partial charge >= 0.3 is 5.97 Å². The summed E-state index contributed by atoms with van der Waals surface area (Å²) in [5, 5.41) is 0. The molecule has 1 aromatic carbocycles. The van der Waals surface area contributed by atoms with Gasteiger partial charge in [-0.3, -0.25) is 4.90 Å². The molecular weight excluding hydrogens is 410 g/mol. The Balaban J connectivity index is 1.60. The Hall–Kier alpha value is -2.07. The Morgan fingerprint density at radius 2 is 1.97 bits per heavy atom. The highest BCUT2D eigenvalue weighted by Gasteiger charge is 2.39. The normalized spacial score (nSPS) is 25.5. The fourth-order valence-corrected chi connectivity index (χ4v) is 6.08. The van der Waals surface area contributed by atoms with Gasteiger partial charge in [-0.05, 0) is 92.5 Å². The molecule has 1 fully saturated rings. The third-order valence-corrected chi connectivity index (χ3v) is 7.92. The van der Waals surface area contributed by atoms with Crippen LogP contribution >= 0.6 is 0 Å². The maximum Gasteiger partial charge on any atom is 0.337 e. The highest BCUT2D eigenvalue weighted by molar-refractivity contribution is 5.88. The van der Waals surface area contributed by atoms with Crippen LogP contribution in [-0.2, 0) is 14.3 Å². The molecule has 2 heterocycles. The molecule has 1 aliphatic carbocycles. The summed E-state index contributed by atoms with van der Waals surface area (Å²) >= 11 is 0. The lowest BCUT2D eigenvalue weighted by Crippen LogP contribution is -2.47. The molecule has 0 amide bonds. The number of unbranched alkanes of at least 4 members (excludes halogenated alkanes) is 1. The zero-order valence-electron chi connectivity index (χ0n) is 20.8. The number of esters is 1. The molecule has 3 unspecified atom stereocenters. The summed E-state index contributed by atoms with van der Waals surface area (Å²) in [4.78, 5) is 15.6. The third-order valence-electron chi connectivity index (χ3n) is 7.92. The number of hydrogen-bond donors (Lipinski definition) is 0. The molecule has 0 radical (unpaired) electrons. The lowest BCUT2D eigenvalue weighted by atomic mass is 9.77.